The monoisotopic (exact) mass is 401 g/mol. The van der Waals surface area contributed by atoms with Gasteiger partial charge in [0.1, 0.15) is 6.33 Å². The van der Waals surface area contributed by atoms with E-state index in [4.69, 9.17) is 4.74 Å². The van der Waals surface area contributed by atoms with Gasteiger partial charge in [0.2, 0.25) is 0 Å². The van der Waals surface area contributed by atoms with Gasteiger partial charge in [0, 0.05) is 28.2 Å². The molecule has 3 aromatic heterocycles. The number of hydrogen-bond acceptors (Lipinski definition) is 4. The zero-order valence-corrected chi connectivity index (χ0v) is 17.5. The molecule has 0 amide bonds. The van der Waals surface area contributed by atoms with E-state index in [1.807, 2.05) is 4.52 Å². The van der Waals surface area contributed by atoms with Crippen molar-refractivity contribution in [2.75, 3.05) is 13.1 Å². The predicted molar refractivity (Wildman–Crippen MR) is 118 cm³/mol. The Hall–Kier alpha value is -2.70. The molecule has 0 spiro atoms. The lowest BCUT2D eigenvalue weighted by Crippen LogP contribution is -2.26. The van der Waals surface area contributed by atoms with Crippen LogP contribution in [0.2, 0.25) is 0 Å². The maximum Gasteiger partial charge on any atom is 0.161 e. The zero-order valence-electron chi connectivity index (χ0n) is 17.5. The molecule has 154 valence electrons. The molecule has 1 aromatic carbocycles. The maximum absolute atomic E-state index is 5.83. The predicted octanol–water partition coefficient (Wildman–Crippen LogP) is 4.50. The van der Waals surface area contributed by atoms with Crippen LogP contribution in [0.4, 0.5) is 0 Å². The largest absolute Gasteiger partial charge is 0.372 e. The Morgan fingerprint density at radius 2 is 1.97 bits per heavy atom. The Kier molecular flexibility index (Phi) is 4.18. The van der Waals surface area contributed by atoms with Gasteiger partial charge in [-0.3, -0.25) is 0 Å². The van der Waals surface area contributed by atoms with Gasteiger partial charge in [-0.05, 0) is 66.6 Å². The van der Waals surface area contributed by atoms with Gasteiger partial charge in [0.05, 0.1) is 18.9 Å². The second-order valence-electron chi connectivity index (χ2n) is 8.92. The third-order valence-electron chi connectivity index (χ3n) is 6.80. The molecule has 0 radical (unpaired) electrons. The summed E-state index contributed by atoms with van der Waals surface area (Å²) >= 11 is 0. The molecule has 6 rings (SSSR count). The molecule has 6 nitrogen and oxygen atoms in total. The van der Waals surface area contributed by atoms with E-state index < -0.39 is 0 Å². The maximum atomic E-state index is 5.83. The van der Waals surface area contributed by atoms with Crippen LogP contribution in [0.25, 0.3) is 27.8 Å². The number of hydrogen-bond donors (Lipinski definition) is 2. The van der Waals surface area contributed by atoms with Crippen LogP contribution in [0.5, 0.6) is 0 Å². The van der Waals surface area contributed by atoms with Gasteiger partial charge in [-0.2, -0.15) is 5.10 Å². The molecule has 0 bridgehead atoms. The van der Waals surface area contributed by atoms with Crippen molar-refractivity contribution in [3.8, 4) is 11.3 Å². The van der Waals surface area contributed by atoms with Crippen LogP contribution in [-0.4, -0.2) is 32.7 Å². The average molecular weight is 402 g/mol. The minimum atomic E-state index is 0.404. The first kappa shape index (κ1) is 18.1. The van der Waals surface area contributed by atoms with Gasteiger partial charge in [-0.1, -0.05) is 19.9 Å². The number of rotatable bonds is 3. The summed E-state index contributed by atoms with van der Waals surface area (Å²) in [6, 6.07) is 7.02. The van der Waals surface area contributed by atoms with Crippen LogP contribution in [0, 0.1) is 0 Å². The Morgan fingerprint density at radius 1 is 1.13 bits per heavy atom. The molecule has 1 fully saturated rings. The van der Waals surface area contributed by atoms with Crippen molar-refractivity contribution in [3.63, 3.8) is 0 Å². The zero-order chi connectivity index (χ0) is 20.2. The minimum absolute atomic E-state index is 0.404. The molecular formula is C24H27N5O. The molecule has 6 heteroatoms. The molecule has 2 aliphatic rings. The number of pyridine rings is 1. The van der Waals surface area contributed by atoms with Crippen LogP contribution >= 0.6 is 0 Å². The molecule has 2 N–H and O–H groups in total. The third-order valence-corrected chi connectivity index (χ3v) is 6.80. The normalized spacial score (nSPS) is 17.4. The summed E-state index contributed by atoms with van der Waals surface area (Å²) in [7, 11) is 0. The molecule has 1 saturated heterocycles. The Labute approximate surface area is 175 Å². The quantitative estimate of drug-likeness (QED) is 0.530. The van der Waals surface area contributed by atoms with Crippen molar-refractivity contribution < 1.29 is 4.74 Å². The van der Waals surface area contributed by atoms with E-state index >= 15 is 0 Å². The van der Waals surface area contributed by atoms with E-state index in [0.717, 1.165) is 24.3 Å². The number of H-pyrrole nitrogens is 1. The van der Waals surface area contributed by atoms with E-state index in [9.17, 15) is 0 Å². The topological polar surface area (TPSA) is 67.2 Å². The van der Waals surface area contributed by atoms with Gasteiger partial charge in [0.25, 0.3) is 0 Å². The lowest BCUT2D eigenvalue weighted by Gasteiger charge is -2.23. The summed E-state index contributed by atoms with van der Waals surface area (Å²) in [5.41, 5.74) is 9.74. The Bertz CT molecular complexity index is 1250. The number of nitrogens with zero attached hydrogens (tertiary/aromatic N) is 3. The van der Waals surface area contributed by atoms with E-state index in [2.05, 4.69) is 58.6 Å². The highest BCUT2D eigenvalue weighted by Crippen LogP contribution is 2.41. The minimum Gasteiger partial charge on any atom is -0.372 e. The first-order valence-corrected chi connectivity index (χ1v) is 11.0. The van der Waals surface area contributed by atoms with Gasteiger partial charge >= 0.3 is 0 Å². The van der Waals surface area contributed by atoms with Crippen molar-refractivity contribution in [1.29, 1.82) is 0 Å². The molecule has 5 heterocycles. The first-order valence-electron chi connectivity index (χ1n) is 11.0. The fraction of sp³-hybridized carbons (Fsp3) is 0.417. The lowest BCUT2D eigenvalue weighted by atomic mass is 9.88. The second kappa shape index (κ2) is 6.93. The number of benzene rings is 1. The van der Waals surface area contributed by atoms with Crippen molar-refractivity contribution in [3.05, 3.63) is 53.0 Å². The van der Waals surface area contributed by atoms with Gasteiger partial charge in [0.15, 0.2) is 5.65 Å². The van der Waals surface area contributed by atoms with E-state index in [-0.39, 0.29) is 0 Å². The van der Waals surface area contributed by atoms with Crippen LogP contribution in [0.3, 0.4) is 0 Å². The highest BCUT2D eigenvalue weighted by Gasteiger charge is 2.26. The number of aromatic amines is 1. The summed E-state index contributed by atoms with van der Waals surface area (Å²) in [5.74, 6) is 1.06. The smallest absolute Gasteiger partial charge is 0.161 e. The number of ether oxygens (including phenoxy) is 1. The molecule has 0 aliphatic carbocycles. The van der Waals surface area contributed by atoms with Crippen LogP contribution in [0.15, 0.2) is 30.7 Å². The lowest BCUT2D eigenvalue weighted by molar-refractivity contribution is 0.135. The van der Waals surface area contributed by atoms with Gasteiger partial charge in [-0.25, -0.2) is 9.50 Å². The highest BCUT2D eigenvalue weighted by atomic mass is 16.5. The van der Waals surface area contributed by atoms with E-state index in [0.29, 0.717) is 25.0 Å². The summed E-state index contributed by atoms with van der Waals surface area (Å²) in [4.78, 5) is 8.19. The summed E-state index contributed by atoms with van der Waals surface area (Å²) in [6.45, 7) is 8.02. The fourth-order valence-corrected chi connectivity index (χ4v) is 5.30. The van der Waals surface area contributed by atoms with Crippen LogP contribution < -0.4 is 5.32 Å². The van der Waals surface area contributed by atoms with Gasteiger partial charge < -0.3 is 15.0 Å². The van der Waals surface area contributed by atoms with Crippen LogP contribution in [-0.2, 0) is 18.0 Å². The fourth-order valence-electron chi connectivity index (χ4n) is 5.30. The van der Waals surface area contributed by atoms with Crippen molar-refractivity contribution in [2.24, 2.45) is 0 Å². The summed E-state index contributed by atoms with van der Waals surface area (Å²) in [6.07, 6.45) is 6.17. The third kappa shape index (κ3) is 2.71. The molecule has 0 atom stereocenters. The summed E-state index contributed by atoms with van der Waals surface area (Å²) in [5, 5.41) is 9.25. The molecule has 0 unspecified atom stereocenters. The Morgan fingerprint density at radius 3 is 2.80 bits per heavy atom. The van der Waals surface area contributed by atoms with E-state index in [1.165, 1.54) is 51.7 Å². The second-order valence-corrected chi connectivity index (χ2v) is 8.92. The molecule has 0 saturated carbocycles. The average Bonchev–Trinajstić information content (AvgIpc) is 3.49. The first-order chi connectivity index (χ1) is 14.7. The molecule has 30 heavy (non-hydrogen) atoms. The highest BCUT2D eigenvalue weighted by molar-refractivity contribution is 5.93. The SMILES string of the molecule is CC(C)c1c(-c2cn3ncnc3c3c2COC3)[nH]c2ccc(C3CCNCC3)cc12. The number of nitrogens with one attached hydrogen (secondary N) is 2. The standard InChI is InChI=1S/C24H27N5O/c1-14(2)22-17-9-16(15-5-7-25-8-6-15)3-4-21(17)28-23(22)18-10-29-24(26-13-27-29)20-12-30-11-19(18)20/h3-4,9-10,13-15,25,28H,5-8,11-12H2,1-2H3. The van der Waals surface area contributed by atoms with Gasteiger partial charge in [-0.15, -0.1) is 0 Å². The van der Waals surface area contributed by atoms with Crippen molar-refractivity contribution >= 4 is 16.6 Å². The summed E-state index contributed by atoms with van der Waals surface area (Å²) < 4.78 is 7.71. The molecular weight excluding hydrogens is 374 g/mol. The number of aromatic nitrogens is 4. The molecule has 4 aromatic rings. The Balaban J connectivity index is 1.57. The van der Waals surface area contributed by atoms with E-state index in [1.54, 1.807) is 6.33 Å². The van der Waals surface area contributed by atoms with Crippen LogP contribution in [0.1, 0.15) is 60.8 Å². The number of piperidine rings is 1. The number of fused-ring (bicyclic) bond motifs is 4. The molecule has 2 aliphatic heterocycles. The van der Waals surface area contributed by atoms with Crippen molar-refractivity contribution in [2.45, 2.75) is 51.7 Å². The van der Waals surface area contributed by atoms with Crippen molar-refractivity contribution in [1.82, 2.24) is 24.9 Å².